The van der Waals surface area contributed by atoms with E-state index in [1.54, 1.807) is 0 Å². The van der Waals surface area contributed by atoms with Gasteiger partial charge in [0, 0.05) is 52.6 Å². The number of fused-ring (bicyclic) bond motifs is 5. The van der Waals surface area contributed by atoms with Crippen molar-refractivity contribution >= 4 is 13.3 Å². The van der Waals surface area contributed by atoms with Crippen molar-refractivity contribution in [3.05, 3.63) is 97.7 Å². The van der Waals surface area contributed by atoms with Gasteiger partial charge in [0.05, 0.1) is 37.5 Å². The molecule has 5 fully saturated rings. The molecule has 0 amide bonds. The number of carbonyl (C=O) groups excluding carboxylic acids is 1. The number of hydrogen-bond donors (Lipinski definition) is 2. The third-order valence-electron chi connectivity index (χ3n) is 17.3. The van der Waals surface area contributed by atoms with Crippen LogP contribution in [0.4, 0.5) is 4.79 Å². The summed E-state index contributed by atoms with van der Waals surface area (Å²) in [6.07, 6.45) is 11.6. The zero-order chi connectivity index (χ0) is 50.3. The van der Waals surface area contributed by atoms with E-state index in [2.05, 4.69) is 70.7 Å². The second kappa shape index (κ2) is 20.8. The summed E-state index contributed by atoms with van der Waals surface area (Å²) in [5.41, 5.74) is 16.9. The summed E-state index contributed by atoms with van der Waals surface area (Å²) < 4.78 is 47.4. The van der Waals surface area contributed by atoms with Gasteiger partial charge < -0.3 is 14.2 Å². The minimum absolute atomic E-state index is 0.0240. The second-order valence-corrected chi connectivity index (χ2v) is 23.7. The number of nitrogens with zero attached hydrogens (tertiary/aromatic N) is 8. The molecule has 3 saturated carbocycles. The molecular formula is C48H69N10O11P. The minimum atomic E-state index is -4.97. The molecule has 0 aromatic carbocycles. The van der Waals surface area contributed by atoms with Crippen molar-refractivity contribution in [2.45, 2.75) is 175 Å². The van der Waals surface area contributed by atoms with Crippen LogP contribution in [0.3, 0.4) is 0 Å². The molecule has 8 rings (SSSR count). The fourth-order valence-electron chi connectivity index (χ4n) is 13.5. The van der Waals surface area contributed by atoms with E-state index in [4.69, 9.17) is 23.3 Å². The molecule has 2 N–H and O–H groups in total. The molecule has 2 aromatic heterocycles. The molecule has 2 aliphatic heterocycles. The van der Waals surface area contributed by atoms with E-state index < -0.39 is 91.9 Å². The maximum absolute atomic E-state index is 15.0. The standard InChI is InChI=1S/C48H69N10O11P/c1-26(2)9-8-10-27(3)33-13-14-34-32-12-11-30-19-31(15-17-47(30,6)35(32)16-18-48(33,34)7)67-46(63)70(64,65-24-38-36(53-55-49)20-40(68-38)57-22-28(4)42(59)51-44(57)61)66-25-39-37(54-56-50)21-41(69-39)58-23-29(5)43(60)52-45(58)62/h11,22-23,26-27,31-41H,8-10,12-21,24-25H2,1-7H3,(H,51,59,61)(H,52,60,62)/t27-,31+,32+,33-,34+,35+,36+,37+,38-,39-,40-,41-,47+,48-/m1/s1. The minimum Gasteiger partial charge on any atom is -0.453 e. The van der Waals surface area contributed by atoms with Gasteiger partial charge in [-0.25, -0.2) is 18.9 Å². The van der Waals surface area contributed by atoms with Gasteiger partial charge in [-0.15, -0.1) is 0 Å². The number of aromatic amines is 2. The van der Waals surface area contributed by atoms with Crippen LogP contribution in [0.15, 0.2) is 53.4 Å². The molecule has 6 aliphatic rings. The lowest BCUT2D eigenvalue weighted by molar-refractivity contribution is -0.0578. The molecule has 0 bridgehead atoms. The number of allylic oxidation sites excluding steroid dienone is 1. The number of azide groups is 2. The number of nitrogens with one attached hydrogen (secondary N) is 2. The average Bonchev–Trinajstić information content (AvgIpc) is 4.02. The Kier molecular flexibility index (Phi) is 15.3. The molecule has 0 radical (unpaired) electrons. The van der Waals surface area contributed by atoms with E-state index >= 15 is 0 Å². The van der Waals surface area contributed by atoms with Crippen LogP contribution in [0, 0.1) is 60.2 Å². The van der Waals surface area contributed by atoms with Crippen LogP contribution in [-0.4, -0.2) is 68.4 Å². The fourth-order valence-corrected chi connectivity index (χ4v) is 14.7. The zero-order valence-corrected chi connectivity index (χ0v) is 42.3. The van der Waals surface area contributed by atoms with Gasteiger partial charge >= 0.3 is 24.7 Å². The number of rotatable bonds is 17. The van der Waals surface area contributed by atoms with Crippen molar-refractivity contribution in [1.29, 1.82) is 0 Å². The third kappa shape index (κ3) is 10.2. The van der Waals surface area contributed by atoms with E-state index in [1.165, 1.54) is 70.3 Å². The van der Waals surface area contributed by atoms with Crippen LogP contribution < -0.4 is 22.5 Å². The van der Waals surface area contributed by atoms with E-state index in [9.17, 15) is 39.6 Å². The van der Waals surface area contributed by atoms with Crippen LogP contribution >= 0.6 is 7.60 Å². The lowest BCUT2D eigenvalue weighted by Gasteiger charge is -2.58. The normalized spacial score (nSPS) is 34.8. The zero-order valence-electron chi connectivity index (χ0n) is 41.4. The van der Waals surface area contributed by atoms with Gasteiger partial charge in [-0.2, -0.15) is 0 Å². The summed E-state index contributed by atoms with van der Waals surface area (Å²) >= 11 is 0. The van der Waals surface area contributed by atoms with E-state index in [-0.39, 0.29) is 29.4 Å². The van der Waals surface area contributed by atoms with Crippen LogP contribution in [0.25, 0.3) is 20.9 Å². The number of ether oxygens (including phenoxy) is 3. The summed E-state index contributed by atoms with van der Waals surface area (Å²) in [6, 6.07) is -1.93. The molecule has 70 heavy (non-hydrogen) atoms. The summed E-state index contributed by atoms with van der Waals surface area (Å²) in [6.45, 7) is 13.9. The predicted octanol–water partition coefficient (Wildman–Crippen LogP) is 9.41. The summed E-state index contributed by atoms with van der Waals surface area (Å²) in [5, 5.41) is 7.65. The molecule has 2 aromatic rings. The van der Waals surface area contributed by atoms with Crippen LogP contribution in [0.5, 0.6) is 0 Å². The second-order valence-electron chi connectivity index (χ2n) is 21.9. The quantitative estimate of drug-likeness (QED) is 0.0494. The monoisotopic (exact) mass is 992 g/mol. The van der Waals surface area contributed by atoms with Gasteiger partial charge in [-0.1, -0.05) is 75.8 Å². The van der Waals surface area contributed by atoms with Crippen molar-refractivity contribution < 1.29 is 32.6 Å². The molecule has 22 heteroatoms. The fraction of sp³-hybridized carbons (Fsp3) is 0.771. The first-order valence-corrected chi connectivity index (χ1v) is 26.7. The Morgan fingerprint density at radius 2 is 1.41 bits per heavy atom. The lowest BCUT2D eigenvalue weighted by atomic mass is 9.47. The van der Waals surface area contributed by atoms with E-state index in [0.29, 0.717) is 41.9 Å². The van der Waals surface area contributed by atoms with E-state index in [1.807, 2.05) is 0 Å². The first-order valence-electron chi connectivity index (χ1n) is 25.1. The Bertz CT molecular complexity index is 2600. The van der Waals surface area contributed by atoms with Gasteiger partial charge in [0.2, 0.25) is 0 Å². The van der Waals surface area contributed by atoms with Crippen LogP contribution in [-0.2, 0) is 27.8 Å². The van der Waals surface area contributed by atoms with Crippen molar-refractivity contribution in [2.24, 2.45) is 56.6 Å². The van der Waals surface area contributed by atoms with Gasteiger partial charge in [0.1, 0.15) is 18.6 Å². The topological polar surface area (TPSA) is 288 Å². The molecule has 0 unspecified atom stereocenters. The van der Waals surface area contributed by atoms with Crippen molar-refractivity contribution in [2.75, 3.05) is 13.2 Å². The number of hydrogen-bond acceptors (Lipinski definition) is 13. The first kappa shape index (κ1) is 51.6. The molecule has 382 valence electrons. The molecule has 21 nitrogen and oxygen atoms in total. The van der Waals surface area contributed by atoms with Gasteiger partial charge in [0.25, 0.3) is 11.1 Å². The Hall–Kier alpha value is -4.74. The van der Waals surface area contributed by atoms with Crippen molar-refractivity contribution in [3.63, 3.8) is 0 Å². The van der Waals surface area contributed by atoms with Gasteiger partial charge in [0.15, 0.2) is 0 Å². The summed E-state index contributed by atoms with van der Waals surface area (Å²) in [5.74, 6) is 3.97. The molecule has 4 heterocycles. The Balaban J connectivity index is 0.994. The number of H-pyrrole nitrogens is 2. The highest BCUT2D eigenvalue weighted by molar-refractivity contribution is 7.71. The highest BCUT2D eigenvalue weighted by atomic mass is 31.2. The summed E-state index contributed by atoms with van der Waals surface area (Å²) in [7, 11) is -4.97. The molecule has 14 atom stereocenters. The van der Waals surface area contributed by atoms with Crippen LogP contribution in [0.2, 0.25) is 0 Å². The highest BCUT2D eigenvalue weighted by Gasteiger charge is 2.59. The van der Waals surface area contributed by atoms with Crippen LogP contribution in [0.1, 0.15) is 142 Å². The molecule has 4 aliphatic carbocycles. The summed E-state index contributed by atoms with van der Waals surface area (Å²) in [4.78, 5) is 74.5. The molecule has 2 saturated heterocycles. The molecule has 0 spiro atoms. The maximum Gasteiger partial charge on any atom is 0.438 e. The Morgan fingerprint density at radius 3 is 1.96 bits per heavy atom. The average molecular weight is 993 g/mol. The SMILES string of the molecule is Cc1cn([C@H]2C[C@H](N=[N+]=[N-])[C@@H](COP(=O)(OC[C@H]3O[C@@H](n4cc(C)c(=O)[nH]c4=O)C[C@@H]3N=[N+]=[N-])C(=O)O[C@H]3CC[C@@]4(C)C(=CC[C@H]5[C@@H]6CC[C@H]([C@H](C)CCCC(C)C)[C@@]6(C)CC[C@@H]54)C3)O2)c(=O)[nH]c1=O. The molecular weight excluding hydrogens is 924 g/mol. The smallest absolute Gasteiger partial charge is 0.438 e. The Labute approximate surface area is 406 Å². The lowest BCUT2D eigenvalue weighted by Crippen LogP contribution is -2.51. The largest absolute Gasteiger partial charge is 0.453 e. The van der Waals surface area contributed by atoms with Gasteiger partial charge in [-0.05, 0) is 116 Å². The third-order valence-corrected chi connectivity index (χ3v) is 18.8. The maximum atomic E-state index is 15.0. The predicted molar refractivity (Wildman–Crippen MR) is 258 cm³/mol. The first-order chi connectivity index (χ1) is 33.3. The van der Waals surface area contributed by atoms with Crippen molar-refractivity contribution in [1.82, 2.24) is 19.1 Å². The van der Waals surface area contributed by atoms with Gasteiger partial charge in [-0.3, -0.25) is 37.7 Å². The number of aryl methyl sites for hydroxylation is 2. The number of carbonyl (C=O) groups is 1. The van der Waals surface area contributed by atoms with Crippen molar-refractivity contribution in [3.8, 4) is 0 Å². The highest BCUT2D eigenvalue weighted by Crippen LogP contribution is 2.67. The Morgan fingerprint density at radius 1 is 0.843 bits per heavy atom. The number of aromatic nitrogens is 4. The van der Waals surface area contributed by atoms with E-state index in [0.717, 1.165) is 40.2 Å².